The Bertz CT molecular complexity index is 353. The Morgan fingerprint density at radius 1 is 1.50 bits per heavy atom. The fraction of sp³-hybridized carbons (Fsp3) is 0.583. The van der Waals surface area contributed by atoms with Gasteiger partial charge in [-0.2, -0.15) is 0 Å². The molecule has 0 radical (unpaired) electrons. The summed E-state index contributed by atoms with van der Waals surface area (Å²) >= 11 is 5.83. The van der Waals surface area contributed by atoms with Crippen molar-refractivity contribution in [3.63, 3.8) is 0 Å². The van der Waals surface area contributed by atoms with Crippen LogP contribution in [0.25, 0.3) is 0 Å². The molecule has 1 aliphatic carbocycles. The maximum absolute atomic E-state index is 9.04. The van der Waals surface area contributed by atoms with Crippen LogP contribution in [-0.4, -0.2) is 16.7 Å². The lowest BCUT2D eigenvalue weighted by atomic mass is 9.83. The van der Waals surface area contributed by atoms with E-state index in [1.807, 2.05) is 0 Å². The van der Waals surface area contributed by atoms with Gasteiger partial charge in [0, 0.05) is 17.8 Å². The number of aromatic nitrogens is 1. The number of hydrogen-bond acceptors (Lipinski definition) is 3. The van der Waals surface area contributed by atoms with Crippen LogP contribution in [0.2, 0.25) is 5.02 Å². The number of ether oxygens (including phenoxy) is 1. The van der Waals surface area contributed by atoms with E-state index in [1.54, 1.807) is 6.07 Å². The SMILES string of the molecule is OCc1cc(OCCC2CCC2)ncc1Cl. The minimum atomic E-state index is -0.0830. The topological polar surface area (TPSA) is 42.4 Å². The highest BCUT2D eigenvalue weighted by molar-refractivity contribution is 6.31. The normalized spacial score (nSPS) is 15.9. The summed E-state index contributed by atoms with van der Waals surface area (Å²) in [6.07, 6.45) is 6.64. The molecule has 0 unspecified atom stereocenters. The van der Waals surface area contributed by atoms with Crippen molar-refractivity contribution < 1.29 is 9.84 Å². The molecule has 0 saturated heterocycles. The molecule has 1 N–H and O–H groups in total. The molecule has 0 spiro atoms. The van der Waals surface area contributed by atoms with Crippen LogP contribution in [0.15, 0.2) is 12.3 Å². The first kappa shape index (κ1) is 11.7. The molecule has 1 aromatic heterocycles. The van der Waals surface area contributed by atoms with Gasteiger partial charge in [0.1, 0.15) is 0 Å². The lowest BCUT2D eigenvalue weighted by Gasteiger charge is -2.24. The average molecular weight is 242 g/mol. The highest BCUT2D eigenvalue weighted by Gasteiger charge is 2.17. The van der Waals surface area contributed by atoms with Crippen LogP contribution < -0.4 is 4.74 Å². The molecule has 1 aliphatic rings. The van der Waals surface area contributed by atoms with Crippen LogP contribution in [0.3, 0.4) is 0 Å². The van der Waals surface area contributed by atoms with Crippen molar-refractivity contribution in [2.45, 2.75) is 32.3 Å². The van der Waals surface area contributed by atoms with Gasteiger partial charge in [0.2, 0.25) is 5.88 Å². The Morgan fingerprint density at radius 2 is 2.31 bits per heavy atom. The van der Waals surface area contributed by atoms with Crippen molar-refractivity contribution in [3.8, 4) is 5.88 Å². The second-order valence-corrected chi connectivity index (χ2v) is 4.61. The number of halogens is 1. The van der Waals surface area contributed by atoms with Crippen molar-refractivity contribution in [2.75, 3.05) is 6.61 Å². The van der Waals surface area contributed by atoms with E-state index in [-0.39, 0.29) is 6.61 Å². The Balaban J connectivity index is 1.83. The zero-order valence-electron chi connectivity index (χ0n) is 9.16. The van der Waals surface area contributed by atoms with E-state index in [2.05, 4.69) is 4.98 Å². The van der Waals surface area contributed by atoms with E-state index < -0.39 is 0 Å². The predicted molar refractivity (Wildman–Crippen MR) is 62.6 cm³/mol. The minimum absolute atomic E-state index is 0.0830. The predicted octanol–water partition coefficient (Wildman–Crippen LogP) is 2.80. The molecule has 0 aliphatic heterocycles. The summed E-state index contributed by atoms with van der Waals surface area (Å²) in [6, 6.07) is 1.70. The van der Waals surface area contributed by atoms with Crippen LogP contribution in [0, 0.1) is 5.92 Å². The third kappa shape index (κ3) is 2.86. The van der Waals surface area contributed by atoms with Crippen LogP contribution in [0.1, 0.15) is 31.2 Å². The van der Waals surface area contributed by atoms with E-state index in [0.29, 0.717) is 23.1 Å². The van der Waals surface area contributed by atoms with Crippen LogP contribution >= 0.6 is 11.6 Å². The quantitative estimate of drug-likeness (QED) is 0.862. The number of aliphatic hydroxyl groups excluding tert-OH is 1. The van der Waals surface area contributed by atoms with Crippen molar-refractivity contribution in [2.24, 2.45) is 5.92 Å². The fourth-order valence-corrected chi connectivity index (χ4v) is 1.93. The van der Waals surface area contributed by atoms with Crippen LogP contribution in [0.5, 0.6) is 5.88 Å². The third-order valence-electron chi connectivity index (χ3n) is 3.08. The van der Waals surface area contributed by atoms with Gasteiger partial charge < -0.3 is 9.84 Å². The summed E-state index contributed by atoms with van der Waals surface area (Å²) < 4.78 is 5.53. The van der Waals surface area contributed by atoms with Crippen molar-refractivity contribution in [1.82, 2.24) is 4.98 Å². The van der Waals surface area contributed by atoms with E-state index in [0.717, 1.165) is 12.3 Å². The summed E-state index contributed by atoms with van der Waals surface area (Å²) in [5.74, 6) is 1.39. The number of pyridine rings is 1. The smallest absolute Gasteiger partial charge is 0.213 e. The van der Waals surface area contributed by atoms with E-state index in [9.17, 15) is 0 Å². The maximum Gasteiger partial charge on any atom is 0.213 e. The molecule has 16 heavy (non-hydrogen) atoms. The summed E-state index contributed by atoms with van der Waals surface area (Å²) in [7, 11) is 0. The maximum atomic E-state index is 9.04. The Morgan fingerprint density at radius 3 is 2.94 bits per heavy atom. The molecular formula is C12H16ClNO2. The molecule has 1 saturated carbocycles. The van der Waals surface area contributed by atoms with Gasteiger partial charge in [-0.15, -0.1) is 0 Å². The van der Waals surface area contributed by atoms with Crippen molar-refractivity contribution in [3.05, 3.63) is 22.8 Å². The standard InChI is InChI=1S/C12H16ClNO2/c13-11-7-14-12(6-10(11)8-15)16-5-4-9-2-1-3-9/h6-7,9,15H,1-5,8H2. The van der Waals surface area contributed by atoms with Gasteiger partial charge in [0.25, 0.3) is 0 Å². The van der Waals surface area contributed by atoms with Gasteiger partial charge in [-0.25, -0.2) is 4.98 Å². The zero-order chi connectivity index (χ0) is 11.4. The molecule has 0 bridgehead atoms. The molecular weight excluding hydrogens is 226 g/mol. The minimum Gasteiger partial charge on any atom is -0.478 e. The number of aliphatic hydroxyl groups is 1. The van der Waals surface area contributed by atoms with E-state index in [1.165, 1.54) is 25.5 Å². The van der Waals surface area contributed by atoms with Gasteiger partial charge in [0.15, 0.2) is 0 Å². The zero-order valence-corrected chi connectivity index (χ0v) is 9.91. The van der Waals surface area contributed by atoms with Crippen LogP contribution in [-0.2, 0) is 6.61 Å². The number of nitrogens with zero attached hydrogens (tertiary/aromatic N) is 1. The molecule has 4 heteroatoms. The van der Waals surface area contributed by atoms with Crippen molar-refractivity contribution in [1.29, 1.82) is 0 Å². The molecule has 2 rings (SSSR count). The van der Waals surface area contributed by atoms with E-state index >= 15 is 0 Å². The highest BCUT2D eigenvalue weighted by atomic mass is 35.5. The first-order chi connectivity index (χ1) is 7.79. The molecule has 1 fully saturated rings. The highest BCUT2D eigenvalue weighted by Crippen LogP contribution is 2.29. The Labute approximate surface area is 100 Å². The average Bonchev–Trinajstić information content (AvgIpc) is 2.24. The first-order valence-electron chi connectivity index (χ1n) is 5.67. The van der Waals surface area contributed by atoms with Gasteiger partial charge in [-0.3, -0.25) is 0 Å². The van der Waals surface area contributed by atoms with Crippen molar-refractivity contribution >= 4 is 11.6 Å². The first-order valence-corrected chi connectivity index (χ1v) is 6.05. The Hall–Kier alpha value is -0.800. The largest absolute Gasteiger partial charge is 0.478 e. The second-order valence-electron chi connectivity index (χ2n) is 4.21. The molecule has 0 atom stereocenters. The molecule has 3 nitrogen and oxygen atoms in total. The number of hydrogen-bond donors (Lipinski definition) is 1. The van der Waals surface area contributed by atoms with Gasteiger partial charge >= 0.3 is 0 Å². The number of rotatable bonds is 5. The fourth-order valence-electron chi connectivity index (χ4n) is 1.77. The third-order valence-corrected chi connectivity index (χ3v) is 3.42. The van der Waals surface area contributed by atoms with Gasteiger partial charge in [0.05, 0.1) is 18.2 Å². The molecule has 0 aromatic carbocycles. The summed E-state index contributed by atoms with van der Waals surface area (Å²) in [6.45, 7) is 0.616. The van der Waals surface area contributed by atoms with Gasteiger partial charge in [-0.1, -0.05) is 30.9 Å². The molecule has 1 heterocycles. The van der Waals surface area contributed by atoms with Crippen LogP contribution in [0.4, 0.5) is 0 Å². The van der Waals surface area contributed by atoms with Gasteiger partial charge in [-0.05, 0) is 12.3 Å². The monoisotopic (exact) mass is 241 g/mol. The molecule has 1 aromatic rings. The lowest BCUT2D eigenvalue weighted by molar-refractivity contribution is 0.216. The summed E-state index contributed by atoms with van der Waals surface area (Å²) in [5.41, 5.74) is 0.662. The summed E-state index contributed by atoms with van der Waals surface area (Å²) in [4.78, 5) is 4.06. The second kappa shape index (κ2) is 5.51. The lowest BCUT2D eigenvalue weighted by Crippen LogP contribution is -2.14. The Kier molecular flexibility index (Phi) is 4.02. The molecule has 88 valence electrons. The summed E-state index contributed by atoms with van der Waals surface area (Å²) in [5, 5.41) is 9.52. The van der Waals surface area contributed by atoms with E-state index in [4.69, 9.17) is 21.4 Å². The molecule has 0 amide bonds.